The van der Waals surface area contributed by atoms with E-state index in [0.717, 1.165) is 32.7 Å². The highest BCUT2D eigenvalue weighted by Crippen LogP contribution is 2.22. The highest BCUT2D eigenvalue weighted by atomic mass is 16.2. The molecule has 0 aliphatic carbocycles. The van der Waals surface area contributed by atoms with Crippen molar-refractivity contribution < 1.29 is 9.59 Å². The number of rotatable bonds is 7. The standard InChI is InChI=1S/C20H32N4O2/c1-20(2,3)17-6-4-16(5-7-17)19(26)23-9-8-18(25)22-12-15-24-13-10-21-11-14-24/h4-7,21H,8-15H2,1-3H3,(H,22,25)(H,23,26). The zero-order chi connectivity index (χ0) is 19.0. The zero-order valence-corrected chi connectivity index (χ0v) is 16.2. The lowest BCUT2D eigenvalue weighted by molar-refractivity contribution is -0.121. The molecule has 0 saturated carbocycles. The Hall–Kier alpha value is -1.92. The fourth-order valence-electron chi connectivity index (χ4n) is 2.89. The number of benzene rings is 1. The van der Waals surface area contributed by atoms with Gasteiger partial charge in [0.1, 0.15) is 0 Å². The molecule has 2 rings (SSSR count). The molecular formula is C20H32N4O2. The molecule has 0 bridgehead atoms. The summed E-state index contributed by atoms with van der Waals surface area (Å²) in [4.78, 5) is 26.3. The molecule has 1 aromatic carbocycles. The van der Waals surface area contributed by atoms with E-state index in [1.807, 2.05) is 24.3 Å². The quantitative estimate of drug-likeness (QED) is 0.681. The lowest BCUT2D eigenvalue weighted by atomic mass is 9.87. The molecule has 2 amide bonds. The lowest BCUT2D eigenvalue weighted by Gasteiger charge is -2.27. The Kier molecular flexibility index (Phi) is 7.60. The number of carbonyl (C=O) groups is 2. The van der Waals surface area contributed by atoms with Crippen LogP contribution in [0.2, 0.25) is 0 Å². The summed E-state index contributed by atoms with van der Waals surface area (Å²) in [6.07, 6.45) is 0.299. The highest BCUT2D eigenvalue weighted by molar-refractivity contribution is 5.94. The highest BCUT2D eigenvalue weighted by Gasteiger charge is 2.14. The van der Waals surface area contributed by atoms with Gasteiger partial charge in [-0.3, -0.25) is 14.5 Å². The summed E-state index contributed by atoms with van der Waals surface area (Å²) in [6.45, 7) is 12.4. The molecule has 0 spiro atoms. The Balaban J connectivity index is 1.63. The average molecular weight is 361 g/mol. The molecule has 0 unspecified atom stereocenters. The summed E-state index contributed by atoms with van der Waals surface area (Å²) < 4.78 is 0. The maximum absolute atomic E-state index is 12.2. The first-order valence-electron chi connectivity index (χ1n) is 9.45. The van der Waals surface area contributed by atoms with Gasteiger partial charge in [-0.05, 0) is 23.1 Å². The van der Waals surface area contributed by atoms with E-state index < -0.39 is 0 Å². The van der Waals surface area contributed by atoms with Crippen LogP contribution in [0.25, 0.3) is 0 Å². The van der Waals surface area contributed by atoms with Crippen molar-refractivity contribution in [1.29, 1.82) is 0 Å². The molecule has 0 atom stereocenters. The van der Waals surface area contributed by atoms with E-state index in [1.165, 1.54) is 5.56 Å². The van der Waals surface area contributed by atoms with Gasteiger partial charge in [0.25, 0.3) is 5.91 Å². The van der Waals surface area contributed by atoms with Gasteiger partial charge in [0.2, 0.25) is 5.91 Å². The minimum absolute atomic E-state index is 0.0245. The summed E-state index contributed by atoms with van der Waals surface area (Å²) >= 11 is 0. The number of hydrogen-bond donors (Lipinski definition) is 3. The van der Waals surface area contributed by atoms with Gasteiger partial charge < -0.3 is 16.0 Å². The normalized spacial score (nSPS) is 15.5. The van der Waals surface area contributed by atoms with Crippen molar-refractivity contribution in [2.24, 2.45) is 0 Å². The molecule has 144 valence electrons. The summed E-state index contributed by atoms with van der Waals surface area (Å²) in [5.41, 5.74) is 1.88. The van der Waals surface area contributed by atoms with Gasteiger partial charge in [-0.1, -0.05) is 32.9 Å². The topological polar surface area (TPSA) is 73.5 Å². The first kappa shape index (κ1) is 20.4. The number of hydrogen-bond acceptors (Lipinski definition) is 4. The summed E-state index contributed by atoms with van der Waals surface area (Å²) in [6, 6.07) is 7.64. The van der Waals surface area contributed by atoms with Crippen LogP contribution in [0.4, 0.5) is 0 Å². The van der Waals surface area contributed by atoms with E-state index in [2.05, 4.69) is 41.6 Å². The molecule has 1 aliphatic heterocycles. The van der Waals surface area contributed by atoms with Crippen LogP contribution in [-0.4, -0.2) is 62.5 Å². The third-order valence-electron chi connectivity index (χ3n) is 4.61. The van der Waals surface area contributed by atoms with Crippen LogP contribution in [0, 0.1) is 0 Å². The molecule has 0 radical (unpaired) electrons. The Morgan fingerprint density at radius 3 is 2.31 bits per heavy atom. The summed E-state index contributed by atoms with van der Waals surface area (Å²) in [7, 11) is 0. The fourth-order valence-corrected chi connectivity index (χ4v) is 2.89. The first-order chi connectivity index (χ1) is 12.4. The molecule has 0 aromatic heterocycles. The third-order valence-corrected chi connectivity index (χ3v) is 4.61. The molecule has 1 heterocycles. The van der Waals surface area contributed by atoms with Crippen LogP contribution in [0.1, 0.15) is 43.1 Å². The number of amides is 2. The molecular weight excluding hydrogens is 328 g/mol. The fraction of sp³-hybridized carbons (Fsp3) is 0.600. The summed E-state index contributed by atoms with van der Waals surface area (Å²) in [5.74, 6) is -0.164. The Bertz CT molecular complexity index is 587. The monoisotopic (exact) mass is 360 g/mol. The smallest absolute Gasteiger partial charge is 0.251 e. The van der Waals surface area contributed by atoms with Crippen LogP contribution in [0.3, 0.4) is 0 Å². The molecule has 1 aromatic rings. The predicted molar refractivity (Wildman–Crippen MR) is 104 cm³/mol. The lowest BCUT2D eigenvalue weighted by Crippen LogP contribution is -2.46. The van der Waals surface area contributed by atoms with Crippen molar-refractivity contribution in [2.75, 3.05) is 45.8 Å². The second-order valence-electron chi connectivity index (χ2n) is 7.77. The average Bonchev–Trinajstić information content (AvgIpc) is 2.62. The SMILES string of the molecule is CC(C)(C)c1ccc(C(=O)NCCC(=O)NCCN2CCNCC2)cc1. The summed E-state index contributed by atoms with van der Waals surface area (Å²) in [5, 5.41) is 9.03. The molecule has 6 nitrogen and oxygen atoms in total. The minimum atomic E-state index is -0.140. The van der Waals surface area contributed by atoms with Crippen molar-refractivity contribution in [3.8, 4) is 0 Å². The van der Waals surface area contributed by atoms with Gasteiger partial charge in [0.05, 0.1) is 0 Å². The number of carbonyl (C=O) groups excluding carboxylic acids is 2. The largest absolute Gasteiger partial charge is 0.355 e. The van der Waals surface area contributed by atoms with E-state index in [1.54, 1.807) is 0 Å². The van der Waals surface area contributed by atoms with Crippen LogP contribution >= 0.6 is 0 Å². The Labute approximate surface area is 156 Å². The van der Waals surface area contributed by atoms with Gasteiger partial charge in [0, 0.05) is 57.8 Å². The van der Waals surface area contributed by atoms with Crippen LogP contribution < -0.4 is 16.0 Å². The molecule has 1 fully saturated rings. The van der Waals surface area contributed by atoms with Crippen LogP contribution in [0.5, 0.6) is 0 Å². The third kappa shape index (κ3) is 6.77. The second kappa shape index (κ2) is 9.69. The van der Waals surface area contributed by atoms with Gasteiger partial charge in [0.15, 0.2) is 0 Å². The Morgan fingerprint density at radius 1 is 1.04 bits per heavy atom. The maximum Gasteiger partial charge on any atom is 0.251 e. The molecule has 26 heavy (non-hydrogen) atoms. The van der Waals surface area contributed by atoms with E-state index in [-0.39, 0.29) is 17.2 Å². The van der Waals surface area contributed by atoms with Crippen LogP contribution in [0.15, 0.2) is 24.3 Å². The van der Waals surface area contributed by atoms with E-state index in [4.69, 9.17) is 0 Å². The van der Waals surface area contributed by atoms with Gasteiger partial charge in [-0.2, -0.15) is 0 Å². The number of nitrogens with zero attached hydrogens (tertiary/aromatic N) is 1. The van der Waals surface area contributed by atoms with Gasteiger partial charge in [-0.25, -0.2) is 0 Å². The van der Waals surface area contributed by atoms with Crippen molar-refractivity contribution >= 4 is 11.8 Å². The van der Waals surface area contributed by atoms with E-state index >= 15 is 0 Å². The molecule has 3 N–H and O–H groups in total. The predicted octanol–water partition coefficient (Wildman–Crippen LogP) is 1.13. The van der Waals surface area contributed by atoms with Crippen molar-refractivity contribution in [1.82, 2.24) is 20.9 Å². The maximum atomic E-state index is 12.2. The van der Waals surface area contributed by atoms with E-state index in [9.17, 15) is 9.59 Å². The van der Waals surface area contributed by atoms with Gasteiger partial charge in [-0.15, -0.1) is 0 Å². The second-order valence-corrected chi connectivity index (χ2v) is 7.77. The van der Waals surface area contributed by atoms with Crippen LogP contribution in [-0.2, 0) is 10.2 Å². The first-order valence-corrected chi connectivity index (χ1v) is 9.45. The van der Waals surface area contributed by atoms with Crippen molar-refractivity contribution in [3.63, 3.8) is 0 Å². The Morgan fingerprint density at radius 2 is 1.69 bits per heavy atom. The minimum Gasteiger partial charge on any atom is -0.355 e. The van der Waals surface area contributed by atoms with E-state index in [0.29, 0.717) is 25.1 Å². The molecule has 1 saturated heterocycles. The van der Waals surface area contributed by atoms with Crippen molar-refractivity contribution in [3.05, 3.63) is 35.4 Å². The number of nitrogens with one attached hydrogen (secondary N) is 3. The van der Waals surface area contributed by atoms with Gasteiger partial charge >= 0.3 is 0 Å². The van der Waals surface area contributed by atoms with Crippen molar-refractivity contribution in [2.45, 2.75) is 32.6 Å². The number of piperazine rings is 1. The molecule has 1 aliphatic rings. The molecule has 6 heteroatoms. The zero-order valence-electron chi connectivity index (χ0n) is 16.2.